The molecule has 1 saturated carbocycles. The molecular weight excluding hydrogens is 231 g/mol. The Morgan fingerprint density at radius 3 is 2.89 bits per heavy atom. The van der Waals surface area contributed by atoms with Crippen molar-refractivity contribution in [3.8, 4) is 0 Å². The third kappa shape index (κ3) is 3.19. The molecule has 0 amide bonds. The quantitative estimate of drug-likeness (QED) is 0.830. The second-order valence-electron chi connectivity index (χ2n) is 4.80. The Morgan fingerprint density at radius 2 is 2.17 bits per heavy atom. The molecule has 1 N–H and O–H groups in total. The van der Waals surface area contributed by atoms with Crippen molar-refractivity contribution >= 4 is 5.97 Å². The lowest BCUT2D eigenvalue weighted by atomic mass is 9.80. The molecule has 1 unspecified atom stereocenters. The number of carbonyl (C=O) groups is 1. The maximum atomic E-state index is 13.6. The van der Waals surface area contributed by atoms with Gasteiger partial charge in [-0.05, 0) is 43.2 Å². The van der Waals surface area contributed by atoms with Crippen molar-refractivity contribution in [3.05, 3.63) is 47.3 Å². The minimum absolute atomic E-state index is 0.173. The summed E-state index contributed by atoms with van der Waals surface area (Å²) in [6.07, 6.45) is 5.82. The van der Waals surface area contributed by atoms with Gasteiger partial charge in [-0.3, -0.25) is 0 Å². The molecule has 2 rings (SSSR count). The monoisotopic (exact) mass is 248 g/mol. The van der Waals surface area contributed by atoms with Gasteiger partial charge in [0.1, 0.15) is 5.82 Å². The van der Waals surface area contributed by atoms with E-state index in [1.807, 2.05) is 6.07 Å². The zero-order valence-electron chi connectivity index (χ0n) is 10.2. The highest BCUT2D eigenvalue weighted by molar-refractivity contribution is 5.80. The molecule has 96 valence electrons. The van der Waals surface area contributed by atoms with Gasteiger partial charge in [-0.15, -0.1) is 0 Å². The number of carboxylic acids is 1. The van der Waals surface area contributed by atoms with Crippen LogP contribution in [0.1, 0.15) is 31.2 Å². The van der Waals surface area contributed by atoms with Crippen molar-refractivity contribution in [2.75, 3.05) is 0 Å². The highest BCUT2D eigenvalue weighted by Crippen LogP contribution is 2.32. The Bertz CT molecular complexity index is 465. The van der Waals surface area contributed by atoms with Crippen molar-refractivity contribution in [2.45, 2.75) is 32.1 Å². The third-order valence-electron chi connectivity index (χ3n) is 3.53. The highest BCUT2D eigenvalue weighted by atomic mass is 19.1. The lowest BCUT2D eigenvalue weighted by Crippen LogP contribution is -2.15. The Balaban J connectivity index is 2.15. The molecule has 18 heavy (non-hydrogen) atoms. The molecule has 1 fully saturated rings. The number of rotatable bonds is 3. The number of hydrogen-bond donors (Lipinski definition) is 1. The van der Waals surface area contributed by atoms with Crippen LogP contribution in [0, 0.1) is 11.7 Å². The van der Waals surface area contributed by atoms with Crippen molar-refractivity contribution < 1.29 is 14.3 Å². The van der Waals surface area contributed by atoms with Crippen molar-refractivity contribution in [1.29, 1.82) is 0 Å². The van der Waals surface area contributed by atoms with E-state index in [4.69, 9.17) is 5.11 Å². The summed E-state index contributed by atoms with van der Waals surface area (Å²) in [6, 6.07) is 6.73. The van der Waals surface area contributed by atoms with Crippen LogP contribution >= 0.6 is 0 Å². The van der Waals surface area contributed by atoms with Crippen LogP contribution in [0.2, 0.25) is 0 Å². The molecule has 0 bridgehead atoms. The van der Waals surface area contributed by atoms with E-state index >= 15 is 0 Å². The standard InChI is InChI=1S/C15H17FO2/c16-14-8-4-3-7-13(14)9-11-5-1-2-6-12(11)10-15(17)18/h3-4,7-8,10-11H,1-2,5-6,9H2,(H,17,18). The van der Waals surface area contributed by atoms with Crippen LogP contribution in [-0.2, 0) is 11.2 Å². The maximum Gasteiger partial charge on any atom is 0.328 e. The molecule has 1 aromatic carbocycles. The number of benzene rings is 1. The molecular formula is C15H17FO2. The molecule has 0 radical (unpaired) electrons. The molecule has 3 heteroatoms. The summed E-state index contributed by atoms with van der Waals surface area (Å²) < 4.78 is 13.6. The molecule has 2 nitrogen and oxygen atoms in total. The van der Waals surface area contributed by atoms with Gasteiger partial charge in [0.05, 0.1) is 0 Å². The van der Waals surface area contributed by atoms with E-state index in [0.717, 1.165) is 31.3 Å². The van der Waals surface area contributed by atoms with Gasteiger partial charge in [0.15, 0.2) is 0 Å². The second kappa shape index (κ2) is 5.80. The van der Waals surface area contributed by atoms with E-state index < -0.39 is 5.97 Å². The van der Waals surface area contributed by atoms with Gasteiger partial charge in [0.2, 0.25) is 0 Å². The fourth-order valence-corrected chi connectivity index (χ4v) is 2.62. The first-order valence-corrected chi connectivity index (χ1v) is 6.33. The molecule has 0 spiro atoms. The Morgan fingerprint density at radius 1 is 1.39 bits per heavy atom. The minimum Gasteiger partial charge on any atom is -0.478 e. The molecule has 0 heterocycles. The number of hydrogen-bond acceptors (Lipinski definition) is 1. The van der Waals surface area contributed by atoms with E-state index in [0.29, 0.717) is 12.0 Å². The Hall–Kier alpha value is -1.64. The normalized spacial score (nSPS) is 22.1. The second-order valence-corrected chi connectivity index (χ2v) is 4.80. The first kappa shape index (κ1) is 12.8. The average Bonchev–Trinajstić information content (AvgIpc) is 2.34. The first-order valence-electron chi connectivity index (χ1n) is 6.33. The fourth-order valence-electron chi connectivity index (χ4n) is 2.62. The summed E-state index contributed by atoms with van der Waals surface area (Å²) in [7, 11) is 0. The van der Waals surface area contributed by atoms with E-state index in [1.165, 1.54) is 12.1 Å². The lowest BCUT2D eigenvalue weighted by molar-refractivity contribution is -0.131. The third-order valence-corrected chi connectivity index (χ3v) is 3.53. The van der Waals surface area contributed by atoms with Gasteiger partial charge >= 0.3 is 5.97 Å². The predicted octanol–water partition coefficient (Wildman–Crippen LogP) is 3.57. The fraction of sp³-hybridized carbons (Fsp3) is 0.400. The van der Waals surface area contributed by atoms with Gasteiger partial charge in [-0.1, -0.05) is 30.2 Å². The topological polar surface area (TPSA) is 37.3 Å². The average molecular weight is 248 g/mol. The molecule has 1 aliphatic rings. The zero-order chi connectivity index (χ0) is 13.0. The van der Waals surface area contributed by atoms with E-state index in [1.54, 1.807) is 12.1 Å². The molecule has 1 atom stereocenters. The van der Waals surface area contributed by atoms with Crippen LogP contribution in [0.25, 0.3) is 0 Å². The van der Waals surface area contributed by atoms with Gasteiger partial charge in [0, 0.05) is 6.08 Å². The zero-order valence-corrected chi connectivity index (χ0v) is 10.2. The van der Waals surface area contributed by atoms with Gasteiger partial charge in [-0.2, -0.15) is 0 Å². The minimum atomic E-state index is -0.898. The lowest BCUT2D eigenvalue weighted by Gasteiger charge is -2.25. The van der Waals surface area contributed by atoms with E-state index in [9.17, 15) is 9.18 Å². The maximum absolute atomic E-state index is 13.6. The van der Waals surface area contributed by atoms with Gasteiger partial charge in [0.25, 0.3) is 0 Å². The largest absolute Gasteiger partial charge is 0.478 e. The Kier molecular flexibility index (Phi) is 4.13. The summed E-state index contributed by atoms with van der Waals surface area (Å²) in [5, 5.41) is 8.85. The Labute approximate surface area is 106 Å². The summed E-state index contributed by atoms with van der Waals surface area (Å²) in [4.78, 5) is 10.8. The summed E-state index contributed by atoms with van der Waals surface area (Å²) in [6.45, 7) is 0. The van der Waals surface area contributed by atoms with E-state index in [2.05, 4.69) is 0 Å². The van der Waals surface area contributed by atoms with Crippen LogP contribution in [0.4, 0.5) is 4.39 Å². The molecule has 0 saturated heterocycles. The van der Waals surface area contributed by atoms with Gasteiger partial charge < -0.3 is 5.11 Å². The molecule has 0 aromatic heterocycles. The summed E-state index contributed by atoms with van der Waals surface area (Å²) in [5.41, 5.74) is 1.64. The van der Waals surface area contributed by atoms with Crippen LogP contribution in [0.5, 0.6) is 0 Å². The van der Waals surface area contributed by atoms with Crippen molar-refractivity contribution in [2.24, 2.45) is 5.92 Å². The van der Waals surface area contributed by atoms with Gasteiger partial charge in [-0.25, -0.2) is 9.18 Å². The molecule has 1 aliphatic carbocycles. The number of allylic oxidation sites excluding steroid dienone is 1. The first-order chi connectivity index (χ1) is 8.66. The predicted molar refractivity (Wildman–Crippen MR) is 67.8 cm³/mol. The van der Waals surface area contributed by atoms with Crippen LogP contribution < -0.4 is 0 Å². The molecule has 1 aromatic rings. The van der Waals surface area contributed by atoms with Crippen molar-refractivity contribution in [1.82, 2.24) is 0 Å². The van der Waals surface area contributed by atoms with Crippen molar-refractivity contribution in [3.63, 3.8) is 0 Å². The smallest absolute Gasteiger partial charge is 0.328 e. The number of carboxylic acid groups (broad SMARTS) is 1. The SMILES string of the molecule is O=C(O)C=C1CCCCC1Cc1ccccc1F. The number of aliphatic carboxylic acids is 1. The highest BCUT2D eigenvalue weighted by Gasteiger charge is 2.21. The van der Waals surface area contributed by atoms with E-state index in [-0.39, 0.29) is 11.7 Å². The molecule has 0 aliphatic heterocycles. The summed E-state index contributed by atoms with van der Waals surface area (Å²) >= 11 is 0. The van der Waals surface area contributed by atoms with Crippen LogP contribution in [0.3, 0.4) is 0 Å². The van der Waals surface area contributed by atoms with Crippen LogP contribution in [0.15, 0.2) is 35.9 Å². The summed E-state index contributed by atoms with van der Waals surface area (Å²) in [5.74, 6) is -0.921. The number of halogens is 1. The van der Waals surface area contributed by atoms with Crippen LogP contribution in [-0.4, -0.2) is 11.1 Å².